The van der Waals surface area contributed by atoms with Crippen LogP contribution in [-0.4, -0.2) is 65.5 Å². The molecule has 0 saturated carbocycles. The van der Waals surface area contributed by atoms with Crippen LogP contribution in [0.3, 0.4) is 0 Å². The highest BCUT2D eigenvalue weighted by atomic mass is 32.2. The maximum Gasteiger partial charge on any atom is 0.240 e. The van der Waals surface area contributed by atoms with Crippen LogP contribution in [0.15, 0.2) is 18.2 Å². The summed E-state index contributed by atoms with van der Waals surface area (Å²) in [5.74, 6) is 2.05. The summed E-state index contributed by atoms with van der Waals surface area (Å²) in [5, 5.41) is 3.24. The third kappa shape index (κ3) is 4.55. The summed E-state index contributed by atoms with van der Waals surface area (Å²) in [6.07, 6.45) is 1.29. The second-order valence-electron chi connectivity index (χ2n) is 6.93. The monoisotopic (exact) mass is 361 g/mol. The molecule has 1 aromatic carbocycles. The Bertz CT molecular complexity index is 644. The minimum Gasteiger partial charge on any atom is -0.341 e. The summed E-state index contributed by atoms with van der Waals surface area (Å²) >= 11 is 1.77. The lowest BCUT2D eigenvalue weighted by Crippen LogP contribution is -2.46. The fourth-order valence-electron chi connectivity index (χ4n) is 3.36. The highest BCUT2D eigenvalue weighted by molar-refractivity contribution is 7.99. The highest BCUT2D eigenvalue weighted by Crippen LogP contribution is 2.15. The number of hydrogen-bond acceptors (Lipinski definition) is 4. The molecule has 6 heteroatoms. The van der Waals surface area contributed by atoms with E-state index in [0.717, 1.165) is 36.7 Å². The summed E-state index contributed by atoms with van der Waals surface area (Å²) in [4.78, 5) is 29.0. The number of benzene rings is 1. The predicted octanol–water partition coefficient (Wildman–Crippen LogP) is 1.57. The number of aryl methyl sites for hydroxylation is 2. The summed E-state index contributed by atoms with van der Waals surface area (Å²) in [7, 11) is 0. The van der Waals surface area contributed by atoms with Crippen molar-refractivity contribution in [1.82, 2.24) is 15.1 Å². The zero-order valence-electron chi connectivity index (χ0n) is 15.1. The second kappa shape index (κ2) is 8.23. The van der Waals surface area contributed by atoms with Crippen LogP contribution in [0.5, 0.6) is 0 Å². The molecule has 2 heterocycles. The van der Waals surface area contributed by atoms with Gasteiger partial charge in [0.25, 0.3) is 0 Å². The number of carbonyl (C=O) groups is 2. The number of thioether (sulfide) groups is 1. The van der Waals surface area contributed by atoms with E-state index >= 15 is 0 Å². The second-order valence-corrected chi connectivity index (χ2v) is 7.96. The molecule has 2 aliphatic rings. The van der Waals surface area contributed by atoms with Gasteiger partial charge < -0.3 is 9.80 Å². The van der Waals surface area contributed by atoms with Crippen LogP contribution in [0.2, 0.25) is 0 Å². The summed E-state index contributed by atoms with van der Waals surface area (Å²) < 4.78 is 0. The van der Waals surface area contributed by atoms with Gasteiger partial charge in [-0.1, -0.05) is 18.2 Å². The fraction of sp³-hybridized carbons (Fsp3) is 0.579. The van der Waals surface area contributed by atoms with E-state index in [9.17, 15) is 9.59 Å². The normalized spacial score (nSPS) is 21.3. The van der Waals surface area contributed by atoms with Crippen molar-refractivity contribution in [2.45, 2.75) is 32.7 Å². The van der Waals surface area contributed by atoms with Gasteiger partial charge in [0.05, 0.1) is 12.5 Å². The van der Waals surface area contributed by atoms with E-state index in [1.54, 1.807) is 11.8 Å². The molecule has 0 aliphatic carbocycles. The van der Waals surface area contributed by atoms with Gasteiger partial charge in [-0.2, -0.15) is 0 Å². The SMILES string of the molecule is Cc1ccc(CC(=O)N2CCCN(C(=O)C3CSCN3)CC2)cc1C. The zero-order chi connectivity index (χ0) is 17.8. The lowest BCUT2D eigenvalue weighted by molar-refractivity contribution is -0.134. The Balaban J connectivity index is 1.55. The topological polar surface area (TPSA) is 52.7 Å². The van der Waals surface area contributed by atoms with E-state index in [2.05, 4.69) is 31.3 Å². The molecule has 2 amide bonds. The predicted molar refractivity (Wildman–Crippen MR) is 102 cm³/mol. The van der Waals surface area contributed by atoms with E-state index in [-0.39, 0.29) is 17.9 Å². The van der Waals surface area contributed by atoms with Crippen LogP contribution in [0.25, 0.3) is 0 Å². The van der Waals surface area contributed by atoms with Crippen molar-refractivity contribution in [1.29, 1.82) is 0 Å². The maximum atomic E-state index is 12.7. The molecule has 2 fully saturated rings. The third-order valence-electron chi connectivity index (χ3n) is 5.10. The standard InChI is InChI=1S/C19H27N3O2S/c1-14-4-5-16(10-15(14)2)11-18(23)21-6-3-7-22(9-8-21)19(24)17-12-25-13-20-17/h4-5,10,17,20H,3,6-9,11-13H2,1-2H3. The first-order valence-electron chi connectivity index (χ1n) is 8.98. The van der Waals surface area contributed by atoms with Gasteiger partial charge in [0.1, 0.15) is 0 Å². The van der Waals surface area contributed by atoms with Crippen LogP contribution in [0, 0.1) is 13.8 Å². The minimum absolute atomic E-state index is 0.0530. The maximum absolute atomic E-state index is 12.7. The van der Waals surface area contributed by atoms with Crippen LogP contribution in [0.1, 0.15) is 23.1 Å². The molecule has 2 saturated heterocycles. The van der Waals surface area contributed by atoms with Gasteiger partial charge in [0.2, 0.25) is 11.8 Å². The average molecular weight is 362 g/mol. The molecule has 0 bridgehead atoms. The van der Waals surface area contributed by atoms with Gasteiger partial charge in [-0.15, -0.1) is 11.8 Å². The van der Waals surface area contributed by atoms with E-state index in [4.69, 9.17) is 0 Å². The zero-order valence-corrected chi connectivity index (χ0v) is 15.9. The van der Waals surface area contributed by atoms with Crippen LogP contribution >= 0.6 is 11.8 Å². The molecule has 0 aromatic heterocycles. The Morgan fingerprint density at radius 2 is 1.88 bits per heavy atom. The van der Waals surface area contributed by atoms with Gasteiger partial charge in [-0.25, -0.2) is 0 Å². The molecule has 0 radical (unpaired) electrons. The molecule has 5 nitrogen and oxygen atoms in total. The van der Waals surface area contributed by atoms with Gasteiger partial charge in [0, 0.05) is 37.8 Å². The molecule has 1 atom stereocenters. The van der Waals surface area contributed by atoms with Gasteiger partial charge >= 0.3 is 0 Å². The van der Waals surface area contributed by atoms with Crippen molar-refractivity contribution < 1.29 is 9.59 Å². The third-order valence-corrected chi connectivity index (χ3v) is 6.04. The van der Waals surface area contributed by atoms with Crippen LogP contribution < -0.4 is 5.32 Å². The van der Waals surface area contributed by atoms with Crippen molar-refractivity contribution in [2.24, 2.45) is 0 Å². The van der Waals surface area contributed by atoms with Crippen molar-refractivity contribution in [2.75, 3.05) is 37.8 Å². The number of carbonyl (C=O) groups excluding carboxylic acids is 2. The lowest BCUT2D eigenvalue weighted by Gasteiger charge is -2.24. The van der Waals surface area contributed by atoms with E-state index in [1.807, 2.05) is 15.9 Å². The molecular weight excluding hydrogens is 334 g/mol. The number of amides is 2. The molecule has 1 aromatic rings. The molecule has 1 unspecified atom stereocenters. The van der Waals surface area contributed by atoms with Crippen molar-refractivity contribution in [3.63, 3.8) is 0 Å². The highest BCUT2D eigenvalue weighted by Gasteiger charge is 2.29. The number of nitrogens with one attached hydrogen (secondary N) is 1. The summed E-state index contributed by atoms with van der Waals surface area (Å²) in [6, 6.07) is 6.16. The van der Waals surface area contributed by atoms with Crippen LogP contribution in [-0.2, 0) is 16.0 Å². The molecule has 0 spiro atoms. The summed E-state index contributed by atoms with van der Waals surface area (Å²) in [5.41, 5.74) is 3.54. The number of rotatable bonds is 3. The molecule has 3 rings (SSSR count). The molecule has 136 valence electrons. The van der Waals surface area contributed by atoms with Crippen molar-refractivity contribution in [3.8, 4) is 0 Å². The average Bonchev–Trinajstić information content (AvgIpc) is 3.02. The van der Waals surface area contributed by atoms with Crippen LogP contribution in [0.4, 0.5) is 0 Å². The quantitative estimate of drug-likeness (QED) is 0.888. The van der Waals surface area contributed by atoms with E-state index in [1.165, 1.54) is 11.1 Å². The number of nitrogens with zero attached hydrogens (tertiary/aromatic N) is 2. The molecule has 2 aliphatic heterocycles. The Labute approximate surface area is 154 Å². The molecule has 1 N–H and O–H groups in total. The Kier molecular flexibility index (Phi) is 6.02. The first kappa shape index (κ1) is 18.3. The van der Waals surface area contributed by atoms with Gasteiger partial charge in [-0.3, -0.25) is 14.9 Å². The first-order valence-corrected chi connectivity index (χ1v) is 10.1. The first-order chi connectivity index (χ1) is 12.0. The smallest absolute Gasteiger partial charge is 0.240 e. The Morgan fingerprint density at radius 3 is 2.60 bits per heavy atom. The molecular formula is C19H27N3O2S. The van der Waals surface area contributed by atoms with Crippen molar-refractivity contribution >= 4 is 23.6 Å². The van der Waals surface area contributed by atoms with E-state index in [0.29, 0.717) is 19.5 Å². The molecule has 25 heavy (non-hydrogen) atoms. The Hall–Kier alpha value is -1.53. The number of hydrogen-bond donors (Lipinski definition) is 1. The summed E-state index contributed by atoms with van der Waals surface area (Å²) in [6.45, 7) is 6.91. The minimum atomic E-state index is -0.0530. The lowest BCUT2D eigenvalue weighted by atomic mass is 10.0. The van der Waals surface area contributed by atoms with Crippen molar-refractivity contribution in [3.05, 3.63) is 34.9 Å². The fourth-order valence-corrected chi connectivity index (χ4v) is 4.29. The Morgan fingerprint density at radius 1 is 1.12 bits per heavy atom. The van der Waals surface area contributed by atoms with Gasteiger partial charge in [-0.05, 0) is 37.0 Å². The largest absolute Gasteiger partial charge is 0.341 e. The van der Waals surface area contributed by atoms with Gasteiger partial charge in [0.15, 0.2) is 0 Å². The van der Waals surface area contributed by atoms with E-state index < -0.39 is 0 Å².